The average molecular weight is 290 g/mol. The molecule has 0 amide bonds. The van der Waals surface area contributed by atoms with E-state index in [9.17, 15) is 19.8 Å². The fourth-order valence-electron chi connectivity index (χ4n) is 2.28. The highest BCUT2D eigenvalue weighted by molar-refractivity contribution is 6.12. The molecule has 0 radical (unpaired) electrons. The zero-order valence-electron chi connectivity index (χ0n) is 11.3. The van der Waals surface area contributed by atoms with Gasteiger partial charge in [0.05, 0.1) is 23.8 Å². The molecule has 6 heteroatoms. The topological polar surface area (TPSA) is 108 Å². The normalized spacial score (nSPS) is 10.5. The first kappa shape index (κ1) is 14.6. The van der Waals surface area contributed by atoms with E-state index in [0.29, 0.717) is 12.0 Å². The lowest BCUT2D eigenvalue weighted by atomic mass is 9.91. The molecule has 0 saturated heterocycles. The Kier molecular flexibility index (Phi) is 3.98. The number of carboxylic acids is 1. The van der Waals surface area contributed by atoms with Crippen LogP contribution in [-0.2, 0) is 17.6 Å². The minimum Gasteiger partial charge on any atom is -0.508 e. The molecule has 2 rings (SSSR count). The molecule has 1 heterocycles. The van der Waals surface area contributed by atoms with Crippen LogP contribution in [0.2, 0.25) is 0 Å². The maximum absolute atomic E-state index is 12.4. The number of aromatic hydroxyl groups is 2. The predicted octanol–water partition coefficient (Wildman–Crippen LogP) is 2.11. The molecule has 0 unspecified atom stereocenters. The maximum atomic E-state index is 12.4. The fraction of sp³-hybridized carbons (Fsp3) is 0.200. The molecule has 0 atom stereocenters. The first-order valence-corrected chi connectivity index (χ1v) is 6.31. The number of hydrogen-bond acceptors (Lipinski definition) is 5. The monoisotopic (exact) mass is 290 g/mol. The van der Waals surface area contributed by atoms with Gasteiger partial charge in [0.15, 0.2) is 5.78 Å². The van der Waals surface area contributed by atoms with E-state index < -0.39 is 23.9 Å². The lowest BCUT2D eigenvalue weighted by Gasteiger charge is -2.15. The van der Waals surface area contributed by atoms with Gasteiger partial charge in [0.25, 0.3) is 0 Å². The molecule has 0 aliphatic heterocycles. The van der Waals surface area contributed by atoms with E-state index >= 15 is 0 Å². The van der Waals surface area contributed by atoms with Crippen molar-refractivity contribution in [1.82, 2.24) is 0 Å². The van der Waals surface area contributed by atoms with Gasteiger partial charge in [-0.05, 0) is 23.6 Å². The van der Waals surface area contributed by atoms with Crippen LogP contribution in [0.25, 0.3) is 0 Å². The second-order valence-electron chi connectivity index (χ2n) is 4.51. The van der Waals surface area contributed by atoms with E-state index in [0.717, 1.165) is 6.07 Å². The van der Waals surface area contributed by atoms with E-state index in [1.165, 1.54) is 18.6 Å². The van der Waals surface area contributed by atoms with Gasteiger partial charge in [-0.1, -0.05) is 6.92 Å². The lowest BCUT2D eigenvalue weighted by molar-refractivity contribution is -0.136. The van der Waals surface area contributed by atoms with Crippen molar-refractivity contribution < 1.29 is 29.3 Å². The number of hydrogen-bond donors (Lipinski definition) is 3. The van der Waals surface area contributed by atoms with Crippen molar-refractivity contribution in [2.75, 3.05) is 0 Å². The van der Waals surface area contributed by atoms with Crippen molar-refractivity contribution in [2.45, 2.75) is 19.8 Å². The van der Waals surface area contributed by atoms with E-state index in [1.54, 1.807) is 6.92 Å². The third kappa shape index (κ3) is 2.74. The summed E-state index contributed by atoms with van der Waals surface area (Å²) >= 11 is 0. The Morgan fingerprint density at radius 3 is 2.43 bits per heavy atom. The summed E-state index contributed by atoms with van der Waals surface area (Å²) in [5, 5.41) is 28.8. The maximum Gasteiger partial charge on any atom is 0.307 e. The number of rotatable bonds is 5. The van der Waals surface area contributed by atoms with Gasteiger partial charge in [-0.25, -0.2) is 0 Å². The Labute approximate surface area is 120 Å². The summed E-state index contributed by atoms with van der Waals surface area (Å²) in [6.07, 6.45) is 2.39. The molecule has 110 valence electrons. The first-order chi connectivity index (χ1) is 9.95. The predicted molar refractivity (Wildman–Crippen MR) is 72.6 cm³/mol. The standard InChI is InChI=1S/C15H14O6/c1-2-9-10(5-13(18)19)14(12(17)6-11(9)16)15(20)8-3-4-21-7-8/h3-4,6-7,16-17H,2,5H2,1H3,(H,18,19). The molecule has 6 nitrogen and oxygen atoms in total. The first-order valence-electron chi connectivity index (χ1n) is 6.31. The second kappa shape index (κ2) is 5.70. The highest BCUT2D eigenvalue weighted by Crippen LogP contribution is 2.34. The van der Waals surface area contributed by atoms with E-state index in [4.69, 9.17) is 9.52 Å². The van der Waals surface area contributed by atoms with Gasteiger partial charge in [-0.15, -0.1) is 0 Å². The summed E-state index contributed by atoms with van der Waals surface area (Å²) in [4.78, 5) is 23.4. The summed E-state index contributed by atoms with van der Waals surface area (Å²) in [5.74, 6) is -2.38. The largest absolute Gasteiger partial charge is 0.508 e. The Morgan fingerprint density at radius 2 is 1.90 bits per heavy atom. The third-order valence-corrected chi connectivity index (χ3v) is 3.20. The molecule has 0 bridgehead atoms. The number of ketones is 1. The van der Waals surface area contributed by atoms with Crippen LogP contribution in [0.5, 0.6) is 11.5 Å². The Hall–Kier alpha value is -2.76. The number of carbonyl (C=O) groups excluding carboxylic acids is 1. The van der Waals surface area contributed by atoms with Crippen molar-refractivity contribution in [1.29, 1.82) is 0 Å². The molecule has 1 aromatic carbocycles. The molecule has 1 aromatic heterocycles. The lowest BCUT2D eigenvalue weighted by Crippen LogP contribution is -2.12. The Morgan fingerprint density at radius 1 is 1.19 bits per heavy atom. The van der Waals surface area contributed by atoms with Gasteiger partial charge in [-0.3, -0.25) is 9.59 Å². The number of benzene rings is 1. The van der Waals surface area contributed by atoms with Gasteiger partial charge in [0, 0.05) is 6.07 Å². The molecule has 0 aliphatic rings. The molecular weight excluding hydrogens is 276 g/mol. The number of furan rings is 1. The molecule has 21 heavy (non-hydrogen) atoms. The van der Waals surface area contributed by atoms with Crippen LogP contribution in [0.1, 0.15) is 34.0 Å². The van der Waals surface area contributed by atoms with Gasteiger partial charge in [-0.2, -0.15) is 0 Å². The SMILES string of the molecule is CCc1c(O)cc(O)c(C(=O)c2ccoc2)c1CC(=O)O. The van der Waals surface area contributed by atoms with Crippen LogP contribution in [0.15, 0.2) is 29.1 Å². The summed E-state index contributed by atoms with van der Waals surface area (Å²) in [6, 6.07) is 2.47. The molecule has 0 saturated carbocycles. The van der Waals surface area contributed by atoms with Crippen LogP contribution >= 0.6 is 0 Å². The minimum atomic E-state index is -1.16. The van der Waals surface area contributed by atoms with Crippen molar-refractivity contribution in [2.24, 2.45) is 0 Å². The van der Waals surface area contributed by atoms with Gasteiger partial charge in [0.2, 0.25) is 0 Å². The van der Waals surface area contributed by atoms with Crippen LogP contribution in [0, 0.1) is 0 Å². The van der Waals surface area contributed by atoms with Crippen LogP contribution < -0.4 is 0 Å². The number of phenolic OH excluding ortho intramolecular Hbond substituents is 2. The molecule has 0 spiro atoms. The number of carboxylic acid groups (broad SMARTS) is 1. The third-order valence-electron chi connectivity index (χ3n) is 3.20. The highest BCUT2D eigenvalue weighted by atomic mass is 16.4. The van der Waals surface area contributed by atoms with Crippen LogP contribution in [0.4, 0.5) is 0 Å². The number of carbonyl (C=O) groups is 2. The summed E-state index contributed by atoms with van der Waals surface area (Å²) < 4.78 is 4.83. The van der Waals surface area contributed by atoms with E-state index in [-0.39, 0.29) is 22.4 Å². The smallest absolute Gasteiger partial charge is 0.307 e. The zero-order chi connectivity index (χ0) is 15.6. The fourth-order valence-corrected chi connectivity index (χ4v) is 2.28. The van der Waals surface area contributed by atoms with E-state index in [2.05, 4.69) is 0 Å². The molecular formula is C15H14O6. The Bertz CT molecular complexity index is 685. The van der Waals surface area contributed by atoms with E-state index in [1.807, 2.05) is 0 Å². The molecule has 0 fully saturated rings. The summed E-state index contributed by atoms with van der Waals surface area (Å²) in [7, 11) is 0. The van der Waals surface area contributed by atoms with Crippen molar-refractivity contribution in [3.05, 3.63) is 46.9 Å². The summed E-state index contributed by atoms with van der Waals surface area (Å²) in [5.41, 5.74) is 0.536. The zero-order valence-corrected chi connectivity index (χ0v) is 11.3. The second-order valence-corrected chi connectivity index (χ2v) is 4.51. The quantitative estimate of drug-likeness (QED) is 0.728. The highest BCUT2D eigenvalue weighted by Gasteiger charge is 2.25. The van der Waals surface area contributed by atoms with Crippen LogP contribution in [-0.4, -0.2) is 27.1 Å². The number of aliphatic carboxylic acids is 1. The van der Waals surface area contributed by atoms with Crippen molar-refractivity contribution >= 4 is 11.8 Å². The Balaban J connectivity index is 2.68. The molecule has 0 aliphatic carbocycles. The molecule has 3 N–H and O–H groups in total. The van der Waals surface area contributed by atoms with Crippen molar-refractivity contribution in [3.63, 3.8) is 0 Å². The number of phenols is 2. The minimum absolute atomic E-state index is 0.117. The van der Waals surface area contributed by atoms with Gasteiger partial charge in [0.1, 0.15) is 17.8 Å². The van der Waals surface area contributed by atoms with Gasteiger partial charge < -0.3 is 19.7 Å². The van der Waals surface area contributed by atoms with Crippen LogP contribution in [0.3, 0.4) is 0 Å². The molecule has 2 aromatic rings. The summed E-state index contributed by atoms with van der Waals surface area (Å²) in [6.45, 7) is 1.73. The van der Waals surface area contributed by atoms with Crippen molar-refractivity contribution in [3.8, 4) is 11.5 Å². The van der Waals surface area contributed by atoms with Gasteiger partial charge >= 0.3 is 5.97 Å². The average Bonchev–Trinajstić information content (AvgIpc) is 2.91.